The van der Waals surface area contributed by atoms with Gasteiger partial charge in [-0.3, -0.25) is 10.9 Å². The minimum absolute atomic E-state index is 0.0436. The molecule has 0 bridgehead atoms. The van der Waals surface area contributed by atoms with E-state index in [9.17, 15) is 10.4 Å². The molecule has 98 valence electrons. The van der Waals surface area contributed by atoms with Crippen molar-refractivity contribution in [2.45, 2.75) is 43.7 Å². The normalized spacial score (nSPS) is 46.3. The number of rotatable bonds is 3. The third-order valence-electron chi connectivity index (χ3n) is 3.56. The van der Waals surface area contributed by atoms with Gasteiger partial charge in [0.15, 0.2) is 6.04 Å². The van der Waals surface area contributed by atoms with Crippen molar-refractivity contribution in [3.8, 4) is 0 Å². The third-order valence-corrected chi connectivity index (χ3v) is 3.56. The fourth-order valence-electron chi connectivity index (χ4n) is 2.68. The number of hydrogen-bond acceptors (Lipinski definition) is 5. The molecule has 1 aliphatic heterocycles. The molecule has 2 aliphatic rings. The van der Waals surface area contributed by atoms with Crippen LogP contribution in [-0.2, 0) is 4.74 Å². The molecule has 0 spiro atoms. The molecule has 2 rings (SSSR count). The first kappa shape index (κ1) is 12.9. The van der Waals surface area contributed by atoms with Crippen molar-refractivity contribution in [3.63, 3.8) is 0 Å². The van der Waals surface area contributed by atoms with E-state index in [0.717, 1.165) is 6.42 Å². The zero-order valence-corrected chi connectivity index (χ0v) is 9.72. The molecular formula is C10H20N4O3. The molecule has 6 atom stereocenters. The summed E-state index contributed by atoms with van der Waals surface area (Å²) in [5.74, 6) is 0. The number of hydroxylamine groups is 3. The van der Waals surface area contributed by atoms with Gasteiger partial charge < -0.3 is 20.2 Å². The highest BCUT2D eigenvalue weighted by molar-refractivity contribution is 4.83. The van der Waals surface area contributed by atoms with E-state index in [1.807, 2.05) is 0 Å². The molecule has 0 radical (unpaired) electrons. The number of quaternary nitrogens is 2. The van der Waals surface area contributed by atoms with Crippen molar-refractivity contribution >= 4 is 0 Å². The molecule has 7 heteroatoms. The summed E-state index contributed by atoms with van der Waals surface area (Å²) >= 11 is 0. The summed E-state index contributed by atoms with van der Waals surface area (Å²) in [5, 5.41) is 23.5. The highest BCUT2D eigenvalue weighted by Gasteiger charge is 2.45. The Labute approximate surface area is 100 Å². The average Bonchev–Trinajstić information content (AvgIpc) is 2.33. The lowest BCUT2D eigenvalue weighted by Gasteiger charge is -2.51. The summed E-state index contributed by atoms with van der Waals surface area (Å²) in [6.07, 6.45) is 3.00. The van der Waals surface area contributed by atoms with Crippen molar-refractivity contribution in [1.82, 2.24) is 5.43 Å². The summed E-state index contributed by atoms with van der Waals surface area (Å²) in [6.45, 7) is 4.07. The monoisotopic (exact) mass is 244 g/mol. The topological polar surface area (TPSA) is 102 Å². The van der Waals surface area contributed by atoms with Crippen LogP contribution in [0.4, 0.5) is 0 Å². The van der Waals surface area contributed by atoms with Crippen LogP contribution < -0.4 is 21.4 Å². The van der Waals surface area contributed by atoms with Gasteiger partial charge in [0.1, 0.15) is 6.04 Å². The second-order valence-electron chi connectivity index (χ2n) is 4.66. The molecule has 0 aromatic carbocycles. The van der Waals surface area contributed by atoms with Crippen molar-refractivity contribution in [3.05, 3.63) is 23.1 Å². The summed E-state index contributed by atoms with van der Waals surface area (Å²) in [5.41, 5.74) is 8.08. The van der Waals surface area contributed by atoms with Gasteiger partial charge in [0.05, 0.1) is 12.7 Å². The maximum Gasteiger partial charge on any atom is 0.238 e. The minimum atomic E-state index is -0.825. The molecule has 0 aromatic heterocycles. The highest BCUT2D eigenvalue weighted by Crippen LogP contribution is 2.19. The number of ether oxygens (including phenoxy) is 1. The Balaban J connectivity index is 1.97. The van der Waals surface area contributed by atoms with Crippen molar-refractivity contribution in [2.75, 3.05) is 6.61 Å². The molecule has 5 N–H and O–H groups in total. The molecule has 0 aromatic rings. The Hall–Kier alpha value is -0.540. The van der Waals surface area contributed by atoms with Gasteiger partial charge in [0.2, 0.25) is 6.29 Å². The van der Waals surface area contributed by atoms with Gasteiger partial charge >= 0.3 is 0 Å². The first-order chi connectivity index (χ1) is 8.13. The molecule has 1 saturated heterocycles. The van der Waals surface area contributed by atoms with Crippen LogP contribution in [0.5, 0.6) is 0 Å². The van der Waals surface area contributed by atoms with Gasteiger partial charge in [0, 0.05) is 12.8 Å². The third kappa shape index (κ3) is 2.66. The lowest BCUT2D eigenvalue weighted by atomic mass is 9.87. The van der Waals surface area contributed by atoms with Crippen LogP contribution >= 0.6 is 0 Å². The minimum Gasteiger partial charge on any atom is -0.632 e. The smallest absolute Gasteiger partial charge is 0.238 e. The Morgan fingerprint density at radius 2 is 2.18 bits per heavy atom. The Morgan fingerprint density at radius 1 is 1.41 bits per heavy atom. The Morgan fingerprint density at radius 3 is 2.88 bits per heavy atom. The number of fused-ring (bicyclic) bond motifs is 1. The predicted molar refractivity (Wildman–Crippen MR) is 61.1 cm³/mol. The van der Waals surface area contributed by atoms with E-state index in [4.69, 9.17) is 10.5 Å². The lowest BCUT2D eigenvalue weighted by Crippen LogP contribution is -3.37. The summed E-state index contributed by atoms with van der Waals surface area (Å²) in [7, 11) is 0. The van der Waals surface area contributed by atoms with Gasteiger partial charge in [-0.05, 0) is 6.42 Å². The summed E-state index contributed by atoms with van der Waals surface area (Å²) < 4.78 is 5.55. The van der Waals surface area contributed by atoms with E-state index >= 15 is 0 Å². The van der Waals surface area contributed by atoms with E-state index in [1.54, 1.807) is 6.08 Å². The van der Waals surface area contributed by atoms with E-state index in [0.29, 0.717) is 19.4 Å². The molecule has 1 heterocycles. The van der Waals surface area contributed by atoms with E-state index in [-0.39, 0.29) is 28.4 Å². The van der Waals surface area contributed by atoms with Crippen LogP contribution in [-0.4, -0.2) is 31.1 Å². The van der Waals surface area contributed by atoms with E-state index < -0.39 is 6.29 Å². The largest absolute Gasteiger partial charge is 0.632 e. The van der Waals surface area contributed by atoms with E-state index in [1.165, 1.54) is 0 Å². The van der Waals surface area contributed by atoms with Crippen LogP contribution in [0.3, 0.4) is 0 Å². The number of nitrogens with one attached hydrogen (secondary N) is 3. The summed E-state index contributed by atoms with van der Waals surface area (Å²) in [6, 6.07) is -0.492. The lowest BCUT2D eigenvalue weighted by molar-refractivity contribution is -1.06. The Bertz CT molecular complexity index is 278. The second-order valence-corrected chi connectivity index (χ2v) is 4.66. The predicted octanol–water partition coefficient (Wildman–Crippen LogP) is -3.00. The van der Waals surface area contributed by atoms with Gasteiger partial charge in [-0.25, -0.2) is 0 Å². The van der Waals surface area contributed by atoms with Crippen LogP contribution in [0.25, 0.3) is 0 Å². The highest BCUT2D eigenvalue weighted by atomic mass is 16.6. The number of nitrogens with two attached hydrogens (primary N) is 1. The zero-order chi connectivity index (χ0) is 12.4. The summed E-state index contributed by atoms with van der Waals surface area (Å²) in [4.78, 5) is 0. The second kappa shape index (κ2) is 5.40. The van der Waals surface area contributed by atoms with Crippen LogP contribution in [0.15, 0.2) is 12.7 Å². The number of hydrogen-bond donors (Lipinski definition) is 4. The van der Waals surface area contributed by atoms with Crippen LogP contribution in [0.1, 0.15) is 19.3 Å². The first-order valence-corrected chi connectivity index (χ1v) is 5.95. The average molecular weight is 244 g/mol. The van der Waals surface area contributed by atoms with E-state index in [2.05, 4.69) is 12.0 Å². The quantitative estimate of drug-likeness (QED) is 0.313. The van der Waals surface area contributed by atoms with Gasteiger partial charge in [-0.15, -0.1) is 6.58 Å². The molecule has 6 unspecified atom stereocenters. The zero-order valence-electron chi connectivity index (χ0n) is 9.72. The van der Waals surface area contributed by atoms with Crippen molar-refractivity contribution in [2.24, 2.45) is 5.73 Å². The van der Waals surface area contributed by atoms with Gasteiger partial charge in [0.25, 0.3) is 0 Å². The SMILES string of the molecule is C=CCOC1CCC2C(C1)[NH+]([O-])NC(N)[NH+]2[O-]. The molecule has 2 fully saturated rings. The molecule has 17 heavy (non-hydrogen) atoms. The van der Waals surface area contributed by atoms with Crippen LogP contribution in [0, 0.1) is 10.4 Å². The molecular weight excluding hydrogens is 224 g/mol. The molecule has 7 nitrogen and oxygen atoms in total. The van der Waals surface area contributed by atoms with Crippen molar-refractivity contribution < 1.29 is 15.0 Å². The maximum atomic E-state index is 11.8. The maximum absolute atomic E-state index is 11.8. The molecule has 0 amide bonds. The molecule has 1 aliphatic carbocycles. The van der Waals surface area contributed by atoms with Crippen LogP contribution in [0.2, 0.25) is 0 Å². The molecule has 1 saturated carbocycles. The fraction of sp³-hybridized carbons (Fsp3) is 0.800. The van der Waals surface area contributed by atoms with Gasteiger partial charge in [-0.1, -0.05) is 11.5 Å². The van der Waals surface area contributed by atoms with Crippen molar-refractivity contribution in [1.29, 1.82) is 0 Å². The fourth-order valence-corrected chi connectivity index (χ4v) is 2.68. The standard InChI is InChI=1S/C10H20N4O3/c1-2-5-17-7-3-4-8-9(6-7)14(16)12-10(11)13(8)15/h2,7-10,12-14H,1,3-6,11H2. The first-order valence-electron chi connectivity index (χ1n) is 5.95. The van der Waals surface area contributed by atoms with Gasteiger partial charge in [-0.2, -0.15) is 0 Å². The Kier molecular flexibility index (Phi) is 4.10.